The number of aliphatic hydroxyl groups is 1. The van der Waals surface area contributed by atoms with Gasteiger partial charge in [0.05, 0.1) is 18.9 Å². The number of hydrogen-bond acceptors (Lipinski definition) is 7. The average Bonchev–Trinajstić information content (AvgIpc) is 3.41. The van der Waals surface area contributed by atoms with E-state index in [-0.39, 0.29) is 11.4 Å². The summed E-state index contributed by atoms with van der Waals surface area (Å²) in [5.41, 5.74) is 2.51. The van der Waals surface area contributed by atoms with Gasteiger partial charge >= 0.3 is 23.9 Å². The number of rotatable bonds is 17. The van der Waals surface area contributed by atoms with Gasteiger partial charge < -0.3 is 25.5 Å². The first kappa shape index (κ1) is 34.1. The Morgan fingerprint density at radius 3 is 1.98 bits per heavy atom. The molecule has 0 saturated carbocycles. The Kier molecular flexibility index (Phi) is 11.9. The van der Waals surface area contributed by atoms with Crippen LogP contribution < -0.4 is 0 Å². The quantitative estimate of drug-likeness (QED) is 0.125. The topological polar surface area (TPSA) is 186 Å². The van der Waals surface area contributed by atoms with E-state index in [4.69, 9.17) is 5.11 Å². The van der Waals surface area contributed by atoms with Crippen LogP contribution in [-0.4, -0.2) is 61.3 Å². The molecule has 3 aromatic rings. The maximum Gasteiger partial charge on any atom is 0.304 e. The minimum Gasteiger partial charge on any atom is -0.481 e. The van der Waals surface area contributed by atoms with Gasteiger partial charge in [-0.1, -0.05) is 24.3 Å². The summed E-state index contributed by atoms with van der Waals surface area (Å²) in [5.74, 6) is -11.0. The van der Waals surface area contributed by atoms with Crippen LogP contribution in [0.3, 0.4) is 0 Å². The zero-order chi connectivity index (χ0) is 32.6. The minimum atomic E-state index is -1.61. The molecule has 0 bridgehead atoms. The van der Waals surface area contributed by atoms with Gasteiger partial charge in [0.25, 0.3) is 0 Å². The number of carboxylic acids is 4. The number of benzene rings is 2. The molecule has 0 fully saturated rings. The number of carboxylic acid groups (broad SMARTS) is 4. The summed E-state index contributed by atoms with van der Waals surface area (Å²) in [6.45, 7) is 1.84. The molecule has 0 amide bonds. The van der Waals surface area contributed by atoms with Crippen LogP contribution in [0.1, 0.15) is 58.5 Å². The monoisotopic (exact) mass is 628 g/mol. The molecule has 44 heavy (non-hydrogen) atoms. The summed E-state index contributed by atoms with van der Waals surface area (Å²) < 4.78 is 13.3. The normalized spacial score (nSPS) is 13.9. The molecule has 0 aliphatic carbocycles. The van der Waals surface area contributed by atoms with E-state index < -0.39 is 85.6 Å². The third-order valence-corrected chi connectivity index (χ3v) is 8.69. The maximum absolute atomic E-state index is 13.9. The van der Waals surface area contributed by atoms with Gasteiger partial charge in [-0.15, -0.1) is 11.3 Å². The Morgan fingerprint density at radius 1 is 0.773 bits per heavy atom. The second kappa shape index (κ2) is 15.3. The molecule has 5 N–H and O–H groups in total. The summed E-state index contributed by atoms with van der Waals surface area (Å²) >= 11 is 1.48. The molecule has 1 heterocycles. The Labute approximate surface area is 256 Å². The van der Waals surface area contributed by atoms with Gasteiger partial charge in [-0.25, -0.2) is 4.39 Å². The Morgan fingerprint density at radius 2 is 1.39 bits per heavy atom. The molecule has 10 nitrogen and oxygen atoms in total. The molecular weight excluding hydrogens is 595 g/mol. The molecule has 12 heteroatoms. The lowest BCUT2D eigenvalue weighted by molar-refractivity contribution is -0.146. The first-order chi connectivity index (χ1) is 20.7. The highest BCUT2D eigenvalue weighted by molar-refractivity contribution is 7.15. The molecule has 234 valence electrons. The van der Waals surface area contributed by atoms with Crippen molar-refractivity contribution in [3.63, 3.8) is 0 Å². The maximum atomic E-state index is 13.9. The van der Waals surface area contributed by atoms with Gasteiger partial charge in [-0.3, -0.25) is 24.0 Å². The fraction of sp³-hybridized carbons (Fsp3) is 0.344. The molecule has 3 rings (SSSR count). The third-order valence-electron chi connectivity index (χ3n) is 7.56. The van der Waals surface area contributed by atoms with E-state index in [9.17, 15) is 48.8 Å². The highest BCUT2D eigenvalue weighted by Crippen LogP contribution is 2.37. The van der Waals surface area contributed by atoms with E-state index in [1.807, 2.05) is 19.1 Å². The number of hydrogen-bond donors (Lipinski definition) is 5. The predicted molar refractivity (Wildman–Crippen MR) is 158 cm³/mol. The summed E-state index contributed by atoms with van der Waals surface area (Å²) in [4.78, 5) is 62.3. The van der Waals surface area contributed by atoms with Gasteiger partial charge in [0.15, 0.2) is 5.78 Å². The summed E-state index contributed by atoms with van der Waals surface area (Å²) in [7, 11) is 0. The van der Waals surface area contributed by atoms with Crippen LogP contribution >= 0.6 is 11.3 Å². The van der Waals surface area contributed by atoms with Crippen LogP contribution in [0.15, 0.2) is 54.6 Å². The van der Waals surface area contributed by atoms with Crippen molar-refractivity contribution < 1.29 is 53.9 Å². The standard InChI is InChI=1S/C32H33FO10S/c1-17-2-3-19(12-20(17)13-22-8-10-27(44-22)18-4-6-21(33)7-5-18)32(43)25(16-31(41)42)23(14-29(37)38)24(15-30(39)40)26(34)9-11-28(35)36/h2-8,10,12,23-26,34H,9,11,13-16H2,1H3,(H,35,36)(H,37,38)(H,39,40)(H,41,42). The molecule has 0 saturated heterocycles. The second-order valence-electron chi connectivity index (χ2n) is 10.7. The number of ketones is 1. The van der Waals surface area contributed by atoms with Crippen LogP contribution in [0, 0.1) is 30.5 Å². The van der Waals surface area contributed by atoms with Crippen molar-refractivity contribution in [3.05, 3.63) is 82.0 Å². The Hall–Kier alpha value is -4.42. The van der Waals surface area contributed by atoms with E-state index in [0.717, 1.165) is 26.4 Å². The number of Topliss-reactive ketones (excluding diaryl/α,β-unsaturated/α-hetero) is 1. The molecule has 0 aliphatic rings. The van der Waals surface area contributed by atoms with Crippen molar-refractivity contribution in [2.45, 2.75) is 51.6 Å². The van der Waals surface area contributed by atoms with Crippen molar-refractivity contribution in [3.8, 4) is 10.4 Å². The van der Waals surface area contributed by atoms with Gasteiger partial charge in [-0.05, 0) is 72.2 Å². The van der Waals surface area contributed by atoms with Gasteiger partial charge in [0.1, 0.15) is 5.82 Å². The minimum absolute atomic E-state index is 0.0941. The molecule has 0 aliphatic heterocycles. The molecule has 1 aromatic heterocycles. The van der Waals surface area contributed by atoms with Gasteiger partial charge in [0, 0.05) is 40.5 Å². The van der Waals surface area contributed by atoms with Crippen LogP contribution in [-0.2, 0) is 25.6 Å². The highest BCUT2D eigenvalue weighted by Gasteiger charge is 2.41. The lowest BCUT2D eigenvalue weighted by Gasteiger charge is -2.34. The van der Waals surface area contributed by atoms with Crippen LogP contribution in [0.2, 0.25) is 0 Å². The zero-order valence-electron chi connectivity index (χ0n) is 23.8. The number of carbonyl (C=O) groups excluding carboxylic acids is 1. The lowest BCUT2D eigenvalue weighted by Crippen LogP contribution is -2.40. The van der Waals surface area contributed by atoms with Crippen molar-refractivity contribution >= 4 is 41.0 Å². The van der Waals surface area contributed by atoms with Crippen LogP contribution in [0.5, 0.6) is 0 Å². The number of halogens is 1. The Balaban J connectivity index is 1.97. The fourth-order valence-corrected chi connectivity index (χ4v) is 6.38. The lowest BCUT2D eigenvalue weighted by atomic mass is 9.70. The molecular formula is C32H33FO10S. The van der Waals surface area contributed by atoms with E-state index in [0.29, 0.717) is 6.42 Å². The van der Waals surface area contributed by atoms with Crippen molar-refractivity contribution in [1.82, 2.24) is 0 Å². The highest BCUT2D eigenvalue weighted by atomic mass is 32.1. The van der Waals surface area contributed by atoms with E-state index in [1.54, 1.807) is 24.3 Å². The Bertz CT molecular complexity index is 1510. The molecule has 2 aromatic carbocycles. The number of aryl methyl sites for hydroxylation is 1. The number of carbonyl (C=O) groups is 5. The SMILES string of the molecule is Cc1ccc(C(=O)C(CC(=O)O)C(CC(=O)O)C(CC(=O)O)C(O)CCC(=O)O)cc1Cc1ccc(-c2ccc(F)cc2)s1. The zero-order valence-corrected chi connectivity index (χ0v) is 24.6. The van der Waals surface area contributed by atoms with Crippen molar-refractivity contribution in [2.24, 2.45) is 17.8 Å². The van der Waals surface area contributed by atoms with E-state index in [1.165, 1.54) is 29.5 Å². The average molecular weight is 629 g/mol. The number of thiophene rings is 1. The van der Waals surface area contributed by atoms with Crippen LogP contribution in [0.25, 0.3) is 10.4 Å². The second-order valence-corrected chi connectivity index (χ2v) is 11.9. The first-order valence-electron chi connectivity index (χ1n) is 13.8. The van der Waals surface area contributed by atoms with Gasteiger partial charge in [-0.2, -0.15) is 0 Å². The van der Waals surface area contributed by atoms with Crippen molar-refractivity contribution in [2.75, 3.05) is 0 Å². The summed E-state index contributed by atoms with van der Waals surface area (Å²) in [5, 5.41) is 48.6. The third kappa shape index (κ3) is 9.55. The molecule has 0 spiro atoms. The summed E-state index contributed by atoms with van der Waals surface area (Å²) in [6.07, 6.45) is -4.58. The number of aliphatic carboxylic acids is 4. The largest absolute Gasteiger partial charge is 0.481 e. The van der Waals surface area contributed by atoms with Gasteiger partial charge in [0.2, 0.25) is 0 Å². The first-order valence-corrected chi connectivity index (χ1v) is 14.6. The molecule has 4 unspecified atom stereocenters. The molecule has 0 radical (unpaired) electrons. The van der Waals surface area contributed by atoms with E-state index in [2.05, 4.69) is 0 Å². The summed E-state index contributed by atoms with van der Waals surface area (Å²) in [6, 6.07) is 14.6. The van der Waals surface area contributed by atoms with E-state index >= 15 is 0 Å². The van der Waals surface area contributed by atoms with Crippen LogP contribution in [0.4, 0.5) is 4.39 Å². The number of aliphatic hydroxyl groups excluding tert-OH is 1. The van der Waals surface area contributed by atoms with Crippen molar-refractivity contribution in [1.29, 1.82) is 0 Å². The predicted octanol–water partition coefficient (Wildman–Crippen LogP) is 5.13. The smallest absolute Gasteiger partial charge is 0.304 e. The molecule has 4 atom stereocenters. The fourth-order valence-electron chi connectivity index (χ4n) is 5.34.